The van der Waals surface area contributed by atoms with Crippen molar-refractivity contribution in [1.29, 1.82) is 0 Å². The molecular formula is C15H9I3O4. The summed E-state index contributed by atoms with van der Waals surface area (Å²) in [4.78, 5) is 22.5. The number of ketones is 1. The Morgan fingerprint density at radius 3 is 2.05 bits per heavy atom. The predicted molar refractivity (Wildman–Crippen MR) is 108 cm³/mol. The van der Waals surface area contributed by atoms with Gasteiger partial charge in [-0.15, -0.1) is 0 Å². The zero-order valence-corrected chi connectivity index (χ0v) is 17.7. The van der Waals surface area contributed by atoms with Crippen molar-refractivity contribution in [2.75, 3.05) is 0 Å². The Kier molecular flexibility index (Phi) is 6.05. The Morgan fingerprint density at radius 2 is 1.59 bits per heavy atom. The van der Waals surface area contributed by atoms with Crippen LogP contribution >= 0.6 is 67.8 Å². The van der Waals surface area contributed by atoms with Crippen molar-refractivity contribution in [3.8, 4) is 11.5 Å². The Hall–Kier alpha value is -0.430. The molecule has 0 spiro atoms. The summed E-state index contributed by atoms with van der Waals surface area (Å²) in [5, 5.41) is 9.05. The van der Waals surface area contributed by atoms with Gasteiger partial charge in [-0.2, -0.15) is 0 Å². The van der Waals surface area contributed by atoms with Gasteiger partial charge in [0.05, 0.1) is 12.7 Å². The number of benzene rings is 2. The number of hydrogen-bond acceptors (Lipinski definition) is 3. The number of ether oxygens (including phenoxy) is 1. The van der Waals surface area contributed by atoms with Crippen LogP contribution < -0.4 is 4.74 Å². The number of carbonyl (C=O) groups is 2. The van der Waals surface area contributed by atoms with Crippen molar-refractivity contribution in [2.24, 2.45) is 0 Å². The highest BCUT2D eigenvalue weighted by Crippen LogP contribution is 2.33. The average molecular weight is 634 g/mol. The van der Waals surface area contributed by atoms with Crippen LogP contribution in [0.15, 0.2) is 30.3 Å². The van der Waals surface area contributed by atoms with E-state index in [1.807, 2.05) is 45.2 Å². The maximum atomic E-state index is 11.4. The molecule has 0 atom stereocenters. The largest absolute Gasteiger partial charge is 0.478 e. The van der Waals surface area contributed by atoms with E-state index >= 15 is 0 Å². The van der Waals surface area contributed by atoms with Crippen molar-refractivity contribution in [1.82, 2.24) is 0 Å². The molecule has 2 rings (SSSR count). The first kappa shape index (κ1) is 17.9. The van der Waals surface area contributed by atoms with Gasteiger partial charge < -0.3 is 9.84 Å². The minimum atomic E-state index is -0.970. The Morgan fingerprint density at radius 1 is 1.00 bits per heavy atom. The van der Waals surface area contributed by atoms with Crippen LogP contribution in [0.1, 0.15) is 27.6 Å². The Labute approximate surface area is 168 Å². The van der Waals surface area contributed by atoms with Crippen LogP contribution in [0.5, 0.6) is 11.5 Å². The fourth-order valence-electron chi connectivity index (χ4n) is 1.74. The predicted octanol–water partition coefficient (Wildman–Crippen LogP) is 5.19. The van der Waals surface area contributed by atoms with Gasteiger partial charge in [0.25, 0.3) is 0 Å². The number of halogens is 3. The lowest BCUT2D eigenvalue weighted by atomic mass is 10.1. The fourth-order valence-corrected chi connectivity index (χ4v) is 4.60. The third-order valence-corrected chi connectivity index (χ3v) is 5.28. The Balaban J connectivity index is 2.37. The van der Waals surface area contributed by atoms with Gasteiger partial charge in [-0.1, -0.05) is 0 Å². The van der Waals surface area contributed by atoms with E-state index in [1.54, 1.807) is 30.3 Å². The smallest absolute Gasteiger partial charge is 0.335 e. The quantitative estimate of drug-likeness (QED) is 0.372. The third kappa shape index (κ3) is 4.10. The molecule has 22 heavy (non-hydrogen) atoms. The van der Waals surface area contributed by atoms with Crippen molar-refractivity contribution >= 4 is 79.5 Å². The zero-order chi connectivity index (χ0) is 16.4. The van der Waals surface area contributed by atoms with E-state index in [9.17, 15) is 9.59 Å². The lowest BCUT2D eigenvalue weighted by Gasteiger charge is -2.12. The lowest BCUT2D eigenvalue weighted by molar-refractivity contribution is 0.0696. The molecule has 0 radical (unpaired) electrons. The van der Waals surface area contributed by atoms with E-state index in [0.29, 0.717) is 24.2 Å². The molecule has 4 nitrogen and oxygen atoms in total. The maximum Gasteiger partial charge on any atom is 0.335 e. The normalized spacial score (nSPS) is 10.4. The van der Waals surface area contributed by atoms with E-state index in [1.165, 1.54) is 6.92 Å². The number of Topliss-reactive ketones (excluding diaryl/α,β-unsaturated/α-hetero) is 1. The molecule has 0 aliphatic carbocycles. The van der Waals surface area contributed by atoms with Crippen molar-refractivity contribution in [3.05, 3.63) is 52.2 Å². The first-order chi connectivity index (χ1) is 10.3. The summed E-state index contributed by atoms with van der Waals surface area (Å²) in [6, 6.07) is 8.38. The van der Waals surface area contributed by atoms with E-state index in [0.717, 1.165) is 3.57 Å². The van der Waals surface area contributed by atoms with Crippen LogP contribution in [-0.2, 0) is 0 Å². The number of rotatable bonds is 4. The van der Waals surface area contributed by atoms with Crippen molar-refractivity contribution < 1.29 is 19.4 Å². The highest BCUT2D eigenvalue weighted by Gasteiger charge is 2.14. The SMILES string of the molecule is CC(=O)c1ccc(Oc2c(I)cc(C(=O)O)cc2I)cc1I. The van der Waals surface area contributed by atoms with Crippen LogP contribution in [-0.4, -0.2) is 16.9 Å². The number of carboxylic acid groups (broad SMARTS) is 1. The number of hydrogen-bond donors (Lipinski definition) is 1. The number of carboxylic acids is 1. The number of carbonyl (C=O) groups excluding carboxylic acids is 1. The molecular weight excluding hydrogens is 625 g/mol. The van der Waals surface area contributed by atoms with Gasteiger partial charge in [-0.25, -0.2) is 4.79 Å². The van der Waals surface area contributed by atoms with Gasteiger partial charge in [-0.05, 0) is 105 Å². The second-order valence-electron chi connectivity index (χ2n) is 4.37. The summed E-state index contributed by atoms with van der Waals surface area (Å²) in [5.74, 6) is 0.250. The first-order valence-corrected chi connectivity index (χ1v) is 9.24. The Bertz CT molecular complexity index is 748. The summed E-state index contributed by atoms with van der Waals surface area (Å²) in [5.41, 5.74) is 0.876. The molecule has 114 valence electrons. The molecule has 0 heterocycles. The first-order valence-electron chi connectivity index (χ1n) is 6.00. The van der Waals surface area contributed by atoms with E-state index in [4.69, 9.17) is 9.84 Å². The van der Waals surface area contributed by atoms with Gasteiger partial charge in [0.1, 0.15) is 5.75 Å². The molecule has 0 saturated heterocycles. The van der Waals surface area contributed by atoms with Crippen molar-refractivity contribution in [3.63, 3.8) is 0 Å². The zero-order valence-electron chi connectivity index (χ0n) is 11.2. The molecule has 0 saturated carbocycles. The molecule has 0 aliphatic heterocycles. The topological polar surface area (TPSA) is 63.6 Å². The molecule has 0 unspecified atom stereocenters. The van der Waals surface area contributed by atoms with Crippen LogP contribution in [0.4, 0.5) is 0 Å². The summed E-state index contributed by atoms with van der Waals surface area (Å²) < 4.78 is 8.11. The van der Waals surface area contributed by atoms with Gasteiger partial charge in [0, 0.05) is 9.13 Å². The second-order valence-corrected chi connectivity index (χ2v) is 7.86. The molecule has 0 aromatic heterocycles. The summed E-state index contributed by atoms with van der Waals surface area (Å²) in [6.07, 6.45) is 0. The van der Waals surface area contributed by atoms with Gasteiger partial charge >= 0.3 is 5.97 Å². The van der Waals surface area contributed by atoms with Gasteiger partial charge in [0.15, 0.2) is 11.5 Å². The molecule has 0 amide bonds. The third-order valence-electron chi connectivity index (χ3n) is 2.78. The molecule has 2 aromatic carbocycles. The molecule has 2 aromatic rings. The molecule has 0 aliphatic rings. The van der Waals surface area contributed by atoms with Crippen LogP contribution in [0, 0.1) is 10.7 Å². The standard InChI is InChI=1S/C15H9I3O4/c1-7(19)10-3-2-9(6-11(10)16)22-14-12(17)4-8(15(20)21)5-13(14)18/h2-6H,1H3,(H,20,21). The highest BCUT2D eigenvalue weighted by molar-refractivity contribution is 14.1. The monoisotopic (exact) mass is 634 g/mol. The van der Waals surface area contributed by atoms with E-state index in [2.05, 4.69) is 22.6 Å². The fraction of sp³-hybridized carbons (Fsp3) is 0.0667. The minimum Gasteiger partial charge on any atom is -0.478 e. The van der Waals surface area contributed by atoms with E-state index in [-0.39, 0.29) is 11.3 Å². The maximum absolute atomic E-state index is 11.4. The second kappa shape index (κ2) is 7.43. The summed E-state index contributed by atoms with van der Waals surface area (Å²) >= 11 is 6.19. The van der Waals surface area contributed by atoms with Crippen LogP contribution in [0.25, 0.3) is 0 Å². The summed E-state index contributed by atoms with van der Waals surface area (Å²) in [6.45, 7) is 1.52. The van der Waals surface area contributed by atoms with Crippen LogP contribution in [0.2, 0.25) is 0 Å². The van der Waals surface area contributed by atoms with Crippen molar-refractivity contribution in [2.45, 2.75) is 6.92 Å². The number of aromatic carboxylic acids is 1. The molecule has 7 heteroatoms. The van der Waals surface area contributed by atoms with Crippen LogP contribution in [0.3, 0.4) is 0 Å². The molecule has 0 bridgehead atoms. The highest BCUT2D eigenvalue weighted by atomic mass is 127. The van der Waals surface area contributed by atoms with E-state index < -0.39 is 5.97 Å². The van der Waals surface area contributed by atoms with Gasteiger partial charge in [0.2, 0.25) is 0 Å². The minimum absolute atomic E-state index is 0.00548. The lowest BCUT2D eigenvalue weighted by Crippen LogP contribution is -2.01. The summed E-state index contributed by atoms with van der Waals surface area (Å²) in [7, 11) is 0. The molecule has 1 N–H and O–H groups in total. The molecule has 0 fully saturated rings. The van der Waals surface area contributed by atoms with Gasteiger partial charge in [-0.3, -0.25) is 4.79 Å². The average Bonchev–Trinajstić information content (AvgIpc) is 2.42.